The van der Waals surface area contributed by atoms with Gasteiger partial charge in [-0.25, -0.2) is 8.42 Å². The van der Waals surface area contributed by atoms with Crippen molar-refractivity contribution in [2.45, 2.75) is 66.7 Å². The summed E-state index contributed by atoms with van der Waals surface area (Å²) in [4.78, 5) is 26.0. The number of anilines is 2. The molecule has 0 spiro atoms. The van der Waals surface area contributed by atoms with E-state index in [4.69, 9.17) is 0 Å². The van der Waals surface area contributed by atoms with Crippen LogP contribution in [0.3, 0.4) is 0 Å². The number of benzene rings is 2. The molecule has 1 fully saturated rings. The maximum Gasteiger partial charge on any atom is 0.243 e. The van der Waals surface area contributed by atoms with Gasteiger partial charge in [-0.3, -0.25) is 9.59 Å². The van der Waals surface area contributed by atoms with E-state index in [0.717, 1.165) is 29.8 Å². The fourth-order valence-electron chi connectivity index (χ4n) is 4.31. The van der Waals surface area contributed by atoms with E-state index in [-0.39, 0.29) is 35.2 Å². The summed E-state index contributed by atoms with van der Waals surface area (Å²) in [5.41, 5.74) is 1.25. The number of nitrogens with zero attached hydrogens (tertiary/aromatic N) is 1. The predicted octanol–water partition coefficient (Wildman–Crippen LogP) is 4.08. The highest BCUT2D eigenvalue weighted by atomic mass is 32.2. The van der Waals surface area contributed by atoms with Crippen LogP contribution < -0.4 is 10.6 Å². The summed E-state index contributed by atoms with van der Waals surface area (Å²) in [6.07, 6.45) is 2.76. The van der Waals surface area contributed by atoms with Crippen molar-refractivity contribution in [3.05, 3.63) is 48.5 Å². The Hall–Kier alpha value is -2.36. The number of hydrogen-bond acceptors (Lipinski definition) is 5. The van der Waals surface area contributed by atoms with Crippen molar-refractivity contribution in [2.75, 3.05) is 10.6 Å². The minimum atomic E-state index is -3.60. The number of thioether (sulfide) groups is 1. The molecule has 2 aliphatic heterocycles. The van der Waals surface area contributed by atoms with Gasteiger partial charge in [0.15, 0.2) is 0 Å². The van der Waals surface area contributed by atoms with Crippen LogP contribution in [0.25, 0.3) is 0 Å². The van der Waals surface area contributed by atoms with Crippen molar-refractivity contribution in [3.8, 4) is 0 Å². The average Bonchev–Trinajstić information content (AvgIpc) is 2.74. The molecule has 32 heavy (non-hydrogen) atoms. The third-order valence-electron chi connectivity index (χ3n) is 5.90. The van der Waals surface area contributed by atoms with E-state index >= 15 is 0 Å². The topological polar surface area (TPSA) is 95.6 Å². The molecule has 0 bridgehead atoms. The molecule has 0 radical (unpaired) electrons. The summed E-state index contributed by atoms with van der Waals surface area (Å²) in [5, 5.41) is 5.08. The number of fused-ring (bicyclic) bond motifs is 1. The van der Waals surface area contributed by atoms with Gasteiger partial charge in [0.2, 0.25) is 21.8 Å². The van der Waals surface area contributed by atoms with Gasteiger partial charge in [-0.15, -0.1) is 11.8 Å². The highest BCUT2D eigenvalue weighted by Crippen LogP contribution is 2.36. The molecule has 2 N–H and O–H groups in total. The number of amides is 2. The van der Waals surface area contributed by atoms with Crippen molar-refractivity contribution >= 4 is 45.0 Å². The Kier molecular flexibility index (Phi) is 6.60. The molecule has 0 saturated carbocycles. The van der Waals surface area contributed by atoms with Crippen LogP contribution in [0.4, 0.5) is 11.4 Å². The zero-order valence-corrected chi connectivity index (χ0v) is 19.7. The lowest BCUT2D eigenvalue weighted by Crippen LogP contribution is -2.47. The first-order chi connectivity index (χ1) is 15.3. The van der Waals surface area contributed by atoms with Crippen LogP contribution >= 0.6 is 11.8 Å². The third kappa shape index (κ3) is 4.69. The van der Waals surface area contributed by atoms with Crippen molar-refractivity contribution in [2.24, 2.45) is 0 Å². The minimum absolute atomic E-state index is 0.0215. The Morgan fingerprint density at radius 2 is 1.75 bits per heavy atom. The number of rotatable bonds is 5. The number of piperidine rings is 1. The molecule has 2 aliphatic rings. The Morgan fingerprint density at radius 3 is 2.44 bits per heavy atom. The molecule has 3 atom stereocenters. The summed E-state index contributed by atoms with van der Waals surface area (Å²) in [5.74, 6) is -0.499. The van der Waals surface area contributed by atoms with E-state index < -0.39 is 15.3 Å². The summed E-state index contributed by atoms with van der Waals surface area (Å²) in [7, 11) is -3.60. The van der Waals surface area contributed by atoms with E-state index in [1.54, 1.807) is 16.4 Å². The summed E-state index contributed by atoms with van der Waals surface area (Å²) in [6.45, 7) is 3.89. The van der Waals surface area contributed by atoms with E-state index in [9.17, 15) is 18.0 Å². The normalized spacial score (nSPS) is 23.8. The van der Waals surface area contributed by atoms with Crippen molar-refractivity contribution in [1.82, 2.24) is 4.31 Å². The summed E-state index contributed by atoms with van der Waals surface area (Å²) in [6, 6.07) is 13.6. The minimum Gasteiger partial charge on any atom is -0.326 e. The lowest BCUT2D eigenvalue weighted by molar-refractivity contribution is -0.120. The van der Waals surface area contributed by atoms with E-state index in [2.05, 4.69) is 10.6 Å². The third-order valence-corrected chi connectivity index (χ3v) is 9.32. The average molecular weight is 474 g/mol. The molecule has 1 saturated heterocycles. The van der Waals surface area contributed by atoms with Crippen molar-refractivity contribution < 1.29 is 18.0 Å². The molecule has 2 heterocycles. The second kappa shape index (κ2) is 9.25. The second-order valence-electron chi connectivity index (χ2n) is 8.33. The van der Waals surface area contributed by atoms with Gasteiger partial charge in [-0.2, -0.15) is 4.31 Å². The van der Waals surface area contributed by atoms with Crippen molar-refractivity contribution in [1.29, 1.82) is 0 Å². The molecule has 2 aromatic carbocycles. The molecule has 2 amide bonds. The summed E-state index contributed by atoms with van der Waals surface area (Å²) >= 11 is 1.37. The molecule has 0 aliphatic carbocycles. The van der Waals surface area contributed by atoms with Gasteiger partial charge in [0.05, 0.1) is 15.8 Å². The highest BCUT2D eigenvalue weighted by Gasteiger charge is 2.35. The Balaban J connectivity index is 1.40. The predicted molar refractivity (Wildman–Crippen MR) is 126 cm³/mol. The fourth-order valence-corrected chi connectivity index (χ4v) is 7.30. The Morgan fingerprint density at radius 1 is 1.09 bits per heavy atom. The zero-order valence-electron chi connectivity index (χ0n) is 18.1. The molecule has 2 aromatic rings. The maximum atomic E-state index is 13.1. The lowest BCUT2D eigenvalue weighted by atomic mass is 10.0. The SMILES string of the molecule is C[C@@H]1CCC[C@H](C)N1S(=O)(=O)c1ccc(NC(=O)C[C@H]2Sc3ccccc3NC2=O)cc1. The van der Waals surface area contributed by atoms with Gasteiger partial charge in [0.25, 0.3) is 0 Å². The van der Waals surface area contributed by atoms with Crippen LogP contribution in [-0.2, 0) is 19.6 Å². The molecular formula is C23H27N3O4S2. The quantitative estimate of drug-likeness (QED) is 0.682. The lowest BCUT2D eigenvalue weighted by Gasteiger charge is -2.37. The molecule has 170 valence electrons. The van der Waals surface area contributed by atoms with Gasteiger partial charge in [0, 0.05) is 29.1 Å². The monoisotopic (exact) mass is 473 g/mol. The second-order valence-corrected chi connectivity index (χ2v) is 11.4. The molecule has 0 aromatic heterocycles. The van der Waals surface area contributed by atoms with Gasteiger partial charge >= 0.3 is 0 Å². The van der Waals surface area contributed by atoms with Crippen LogP contribution in [0.1, 0.15) is 39.5 Å². The molecule has 4 rings (SSSR count). The number of carbonyl (C=O) groups is 2. The number of para-hydroxylation sites is 1. The standard InChI is InChI=1S/C23H27N3O4S2/c1-15-6-5-7-16(2)26(15)32(29,30)18-12-10-17(11-13-18)24-22(27)14-21-23(28)25-19-8-3-4-9-20(19)31-21/h3-4,8-13,15-16,21H,5-7,14H2,1-2H3,(H,24,27)(H,25,28)/t15-,16+,21-/m1/s1. The van der Waals surface area contributed by atoms with Gasteiger partial charge in [-0.05, 0) is 63.1 Å². The highest BCUT2D eigenvalue weighted by molar-refractivity contribution is 8.01. The molecular weight excluding hydrogens is 446 g/mol. The largest absolute Gasteiger partial charge is 0.326 e. The fraction of sp³-hybridized carbons (Fsp3) is 0.391. The van der Waals surface area contributed by atoms with Gasteiger partial charge < -0.3 is 10.6 Å². The van der Waals surface area contributed by atoms with Crippen LogP contribution in [0.15, 0.2) is 58.3 Å². The zero-order chi connectivity index (χ0) is 22.9. The van der Waals surface area contributed by atoms with Crippen LogP contribution in [0, 0.1) is 0 Å². The molecule has 9 heteroatoms. The first-order valence-electron chi connectivity index (χ1n) is 10.8. The smallest absolute Gasteiger partial charge is 0.243 e. The Bertz CT molecular complexity index is 1110. The summed E-state index contributed by atoms with van der Waals surface area (Å²) < 4.78 is 27.9. The number of sulfonamides is 1. The van der Waals surface area contributed by atoms with Gasteiger partial charge in [-0.1, -0.05) is 18.6 Å². The van der Waals surface area contributed by atoms with Gasteiger partial charge in [0.1, 0.15) is 0 Å². The molecule has 7 nitrogen and oxygen atoms in total. The van der Waals surface area contributed by atoms with Crippen LogP contribution in [0.2, 0.25) is 0 Å². The number of nitrogens with one attached hydrogen (secondary N) is 2. The van der Waals surface area contributed by atoms with Crippen LogP contribution in [-0.4, -0.2) is 41.9 Å². The van der Waals surface area contributed by atoms with Crippen LogP contribution in [0.5, 0.6) is 0 Å². The molecule has 0 unspecified atom stereocenters. The first kappa shape index (κ1) is 22.8. The maximum absolute atomic E-state index is 13.1. The number of carbonyl (C=O) groups excluding carboxylic acids is 2. The van der Waals surface area contributed by atoms with E-state index in [0.29, 0.717) is 5.69 Å². The Labute approximate surface area is 193 Å². The first-order valence-corrected chi connectivity index (χ1v) is 13.1. The van der Waals surface area contributed by atoms with E-state index in [1.807, 2.05) is 38.1 Å². The van der Waals surface area contributed by atoms with Crippen molar-refractivity contribution in [3.63, 3.8) is 0 Å². The van der Waals surface area contributed by atoms with E-state index in [1.165, 1.54) is 23.9 Å². The number of hydrogen-bond donors (Lipinski definition) is 2.